The molecule has 32 heavy (non-hydrogen) atoms. The number of benzene rings is 1. The summed E-state index contributed by atoms with van der Waals surface area (Å²) in [6.45, 7) is 5.33. The van der Waals surface area contributed by atoms with Crippen molar-refractivity contribution in [1.82, 2.24) is 15.5 Å². The van der Waals surface area contributed by atoms with E-state index in [1.54, 1.807) is 20.8 Å². The predicted octanol–water partition coefficient (Wildman–Crippen LogP) is 6.17. The summed E-state index contributed by atoms with van der Waals surface area (Å²) in [5.74, 6) is 0.509. The molecule has 176 valence electrons. The van der Waals surface area contributed by atoms with Gasteiger partial charge in [-0.2, -0.15) is 4.98 Å². The second kappa shape index (κ2) is 9.79. The maximum atomic E-state index is 12.4. The molecule has 0 saturated heterocycles. The van der Waals surface area contributed by atoms with Gasteiger partial charge in [0.2, 0.25) is 11.7 Å². The Bertz CT molecular complexity index is 885. The van der Waals surface area contributed by atoms with Crippen LogP contribution in [0.25, 0.3) is 11.4 Å². The largest absolute Gasteiger partial charge is 0.573 e. The van der Waals surface area contributed by atoms with E-state index >= 15 is 0 Å². The van der Waals surface area contributed by atoms with E-state index in [0.717, 1.165) is 25.7 Å². The molecule has 7 nitrogen and oxygen atoms in total. The van der Waals surface area contributed by atoms with Crippen LogP contribution < -0.4 is 10.1 Å². The number of amides is 1. The van der Waals surface area contributed by atoms with Crippen molar-refractivity contribution >= 4 is 6.09 Å². The fourth-order valence-electron chi connectivity index (χ4n) is 3.73. The molecule has 0 spiro atoms. The van der Waals surface area contributed by atoms with Crippen molar-refractivity contribution in [3.05, 3.63) is 30.2 Å². The molecule has 0 unspecified atom stereocenters. The quantitative estimate of drug-likeness (QED) is 0.560. The normalized spacial score (nSPS) is 16.4. The number of hydrogen-bond acceptors (Lipinski definition) is 6. The van der Waals surface area contributed by atoms with Crippen molar-refractivity contribution in [1.29, 1.82) is 0 Å². The summed E-state index contributed by atoms with van der Waals surface area (Å²) in [7, 11) is 0. The first-order valence-electron chi connectivity index (χ1n) is 10.7. The lowest BCUT2D eigenvalue weighted by Crippen LogP contribution is -2.36. The van der Waals surface area contributed by atoms with Gasteiger partial charge in [0.25, 0.3) is 0 Å². The number of carbonyl (C=O) groups is 1. The van der Waals surface area contributed by atoms with Gasteiger partial charge in [-0.25, -0.2) is 4.79 Å². The zero-order valence-corrected chi connectivity index (χ0v) is 18.4. The number of nitrogens with one attached hydrogen (secondary N) is 1. The third kappa shape index (κ3) is 7.42. The molecule has 1 atom stereocenters. The molecule has 1 heterocycles. The maximum Gasteiger partial charge on any atom is 0.573 e. The van der Waals surface area contributed by atoms with Crippen LogP contribution in [-0.4, -0.2) is 28.2 Å². The first-order valence-corrected chi connectivity index (χ1v) is 10.7. The van der Waals surface area contributed by atoms with Crippen LogP contribution in [0, 0.1) is 5.92 Å². The highest BCUT2D eigenvalue weighted by atomic mass is 19.4. The summed E-state index contributed by atoms with van der Waals surface area (Å²) in [6.07, 6.45) is 0.921. The number of halogens is 3. The van der Waals surface area contributed by atoms with Gasteiger partial charge in [0.1, 0.15) is 17.4 Å². The van der Waals surface area contributed by atoms with Gasteiger partial charge in [-0.3, -0.25) is 0 Å². The van der Waals surface area contributed by atoms with Crippen LogP contribution in [0.5, 0.6) is 5.75 Å². The van der Waals surface area contributed by atoms with E-state index in [4.69, 9.17) is 9.26 Å². The first-order chi connectivity index (χ1) is 15.0. The molecule has 0 aliphatic heterocycles. The molecular formula is C22H28F3N3O4. The highest BCUT2D eigenvalue weighted by Gasteiger charge is 2.31. The number of ether oxygens (including phenoxy) is 2. The molecule has 0 radical (unpaired) electrons. The average molecular weight is 455 g/mol. The molecule has 1 aromatic heterocycles. The summed E-state index contributed by atoms with van der Waals surface area (Å²) in [5.41, 5.74) is -0.192. The van der Waals surface area contributed by atoms with Crippen molar-refractivity contribution in [2.75, 3.05) is 0 Å². The molecule has 0 bridgehead atoms. The van der Waals surface area contributed by atoms with E-state index in [-0.39, 0.29) is 17.5 Å². The second-order valence-corrected chi connectivity index (χ2v) is 8.97. The zero-order valence-electron chi connectivity index (χ0n) is 18.4. The summed E-state index contributed by atoms with van der Waals surface area (Å²) in [6, 6.07) is 4.65. The third-order valence-electron chi connectivity index (χ3n) is 5.07. The van der Waals surface area contributed by atoms with Crippen LogP contribution in [0.3, 0.4) is 0 Å². The summed E-state index contributed by atoms with van der Waals surface area (Å²) < 4.78 is 51.7. The van der Waals surface area contributed by atoms with E-state index in [2.05, 4.69) is 20.2 Å². The minimum absolute atomic E-state index is 0.207. The van der Waals surface area contributed by atoms with Crippen LogP contribution in [0.15, 0.2) is 28.8 Å². The third-order valence-corrected chi connectivity index (χ3v) is 5.07. The first kappa shape index (κ1) is 23.9. The molecule has 1 fully saturated rings. The smallest absolute Gasteiger partial charge is 0.444 e. The van der Waals surface area contributed by atoms with Crippen LogP contribution in [0.4, 0.5) is 18.0 Å². The molecule has 1 amide bonds. The number of hydrogen-bond donors (Lipinski definition) is 1. The van der Waals surface area contributed by atoms with E-state index in [9.17, 15) is 18.0 Å². The molecule has 3 rings (SSSR count). The Morgan fingerprint density at radius 1 is 1.16 bits per heavy atom. The van der Waals surface area contributed by atoms with Gasteiger partial charge in [-0.1, -0.05) is 37.3 Å². The molecule has 2 aromatic rings. The van der Waals surface area contributed by atoms with Crippen LogP contribution in [0.2, 0.25) is 0 Å². The molecule has 1 aliphatic rings. The van der Waals surface area contributed by atoms with Gasteiger partial charge in [0.15, 0.2) is 0 Å². The van der Waals surface area contributed by atoms with E-state index in [0.29, 0.717) is 17.9 Å². The van der Waals surface area contributed by atoms with E-state index in [1.807, 2.05) is 0 Å². The van der Waals surface area contributed by atoms with Crippen LogP contribution >= 0.6 is 0 Å². The Hall–Kier alpha value is -2.78. The Balaban J connectivity index is 1.75. The number of alkyl carbamates (subject to hydrolysis) is 1. The number of nitrogens with zero attached hydrogens (tertiary/aromatic N) is 2. The van der Waals surface area contributed by atoms with Crippen molar-refractivity contribution in [3.8, 4) is 17.1 Å². The minimum Gasteiger partial charge on any atom is -0.444 e. The fraction of sp³-hybridized carbons (Fsp3) is 0.591. The average Bonchev–Trinajstić information content (AvgIpc) is 3.16. The highest BCUT2D eigenvalue weighted by Crippen LogP contribution is 2.33. The van der Waals surface area contributed by atoms with Gasteiger partial charge in [-0.15, -0.1) is 13.2 Å². The van der Waals surface area contributed by atoms with Crippen molar-refractivity contribution in [2.45, 2.75) is 77.3 Å². The Morgan fingerprint density at radius 2 is 1.81 bits per heavy atom. The van der Waals surface area contributed by atoms with E-state index in [1.165, 1.54) is 30.7 Å². The number of aromatic nitrogens is 2. The molecular weight excluding hydrogens is 427 g/mol. The predicted molar refractivity (Wildman–Crippen MR) is 110 cm³/mol. The van der Waals surface area contributed by atoms with Crippen molar-refractivity contribution in [3.63, 3.8) is 0 Å². The van der Waals surface area contributed by atoms with Gasteiger partial charge < -0.3 is 19.3 Å². The van der Waals surface area contributed by atoms with Crippen LogP contribution in [-0.2, 0) is 4.74 Å². The Kier molecular flexibility index (Phi) is 7.30. The molecule has 1 aliphatic carbocycles. The lowest BCUT2D eigenvalue weighted by molar-refractivity contribution is -0.274. The molecule has 1 aromatic carbocycles. The monoisotopic (exact) mass is 455 g/mol. The second-order valence-electron chi connectivity index (χ2n) is 8.97. The standard InChI is InChI=1S/C22H28F3N3O4/c1-21(2,3)31-20(29)26-17(13-14-7-5-4-6-8-14)19-27-18(28-32-19)15-9-11-16(12-10-15)30-22(23,24)25/h9-12,14,17H,4-8,13H2,1-3H3,(H,26,29)/t17-/m1/s1. The number of carbonyl (C=O) groups excluding carboxylic acids is 1. The summed E-state index contributed by atoms with van der Waals surface area (Å²) >= 11 is 0. The van der Waals surface area contributed by atoms with Crippen molar-refractivity contribution in [2.24, 2.45) is 5.92 Å². The Morgan fingerprint density at radius 3 is 2.41 bits per heavy atom. The Labute approximate surface area is 184 Å². The molecule has 1 saturated carbocycles. The maximum absolute atomic E-state index is 12.4. The van der Waals surface area contributed by atoms with Gasteiger partial charge in [-0.05, 0) is 57.4 Å². The fourth-order valence-corrected chi connectivity index (χ4v) is 3.73. The highest BCUT2D eigenvalue weighted by molar-refractivity contribution is 5.68. The van der Waals surface area contributed by atoms with Gasteiger partial charge in [0, 0.05) is 5.56 Å². The summed E-state index contributed by atoms with van der Waals surface area (Å²) in [5, 5.41) is 6.78. The number of rotatable bonds is 6. The zero-order chi connectivity index (χ0) is 23.4. The molecule has 1 N–H and O–H groups in total. The summed E-state index contributed by atoms with van der Waals surface area (Å²) in [4.78, 5) is 16.8. The van der Waals surface area contributed by atoms with E-state index < -0.39 is 24.1 Å². The lowest BCUT2D eigenvalue weighted by Gasteiger charge is -2.26. The SMILES string of the molecule is CC(C)(C)OC(=O)N[C@H](CC1CCCCC1)c1nc(-c2ccc(OC(F)(F)F)cc2)no1. The van der Waals surface area contributed by atoms with Gasteiger partial charge in [0.05, 0.1) is 0 Å². The van der Waals surface area contributed by atoms with Gasteiger partial charge >= 0.3 is 12.5 Å². The van der Waals surface area contributed by atoms with Crippen molar-refractivity contribution < 1.29 is 32.0 Å². The number of alkyl halides is 3. The minimum atomic E-state index is -4.76. The topological polar surface area (TPSA) is 86.5 Å². The molecule has 10 heteroatoms. The lowest BCUT2D eigenvalue weighted by atomic mass is 9.85. The van der Waals surface area contributed by atoms with Crippen LogP contribution in [0.1, 0.15) is 71.2 Å².